The van der Waals surface area contributed by atoms with Crippen LogP contribution >= 0.6 is 0 Å². The molecule has 0 radical (unpaired) electrons. The van der Waals surface area contributed by atoms with Crippen molar-refractivity contribution < 1.29 is 4.79 Å². The molecule has 0 spiro atoms. The average Bonchev–Trinajstić information content (AvgIpc) is 2.29. The van der Waals surface area contributed by atoms with Crippen LogP contribution < -0.4 is 21.7 Å². The van der Waals surface area contributed by atoms with E-state index in [0.29, 0.717) is 17.1 Å². The lowest BCUT2D eigenvalue weighted by Crippen LogP contribution is -2.26. The number of hydrogen-bond donors (Lipinski definition) is 3. The maximum Gasteiger partial charge on any atom is 0.252 e. The molecule has 0 aliphatic heterocycles. The number of nitrogens with one attached hydrogen (secondary N) is 1. The Hall–Kier alpha value is -1.82. The molecule has 94 valence electrons. The average molecular weight is 237 g/mol. The number of amides is 1. The van der Waals surface area contributed by atoms with E-state index in [1.807, 2.05) is 19.0 Å². The Bertz CT molecular complexity index is 393. The standard InChI is InChI=1S/C11H19N5O/c1-14-4-3-5-16(2)11-9(10(13)17)6-8(12)7-15-11/h6-7,14H,3-5,12H2,1-2H3,(H2,13,17). The third-order valence-corrected chi connectivity index (χ3v) is 2.44. The van der Waals surface area contributed by atoms with E-state index in [0.717, 1.165) is 19.5 Å². The van der Waals surface area contributed by atoms with Crippen LogP contribution in [0.4, 0.5) is 11.5 Å². The van der Waals surface area contributed by atoms with E-state index in [4.69, 9.17) is 11.5 Å². The zero-order valence-corrected chi connectivity index (χ0v) is 10.2. The zero-order chi connectivity index (χ0) is 12.8. The number of carbonyl (C=O) groups excluding carboxylic acids is 1. The van der Waals surface area contributed by atoms with E-state index in [1.165, 1.54) is 6.20 Å². The lowest BCUT2D eigenvalue weighted by atomic mass is 10.2. The van der Waals surface area contributed by atoms with E-state index in [1.54, 1.807) is 6.07 Å². The number of anilines is 2. The van der Waals surface area contributed by atoms with Gasteiger partial charge in [-0.3, -0.25) is 4.79 Å². The number of nitrogen functional groups attached to an aromatic ring is 1. The summed E-state index contributed by atoms with van der Waals surface area (Å²) < 4.78 is 0. The van der Waals surface area contributed by atoms with Gasteiger partial charge in [0.05, 0.1) is 17.4 Å². The Labute approximate surface area is 101 Å². The van der Waals surface area contributed by atoms with Gasteiger partial charge in [-0.2, -0.15) is 0 Å². The van der Waals surface area contributed by atoms with Crippen LogP contribution in [0.25, 0.3) is 0 Å². The van der Waals surface area contributed by atoms with Crippen molar-refractivity contribution in [1.29, 1.82) is 0 Å². The van der Waals surface area contributed by atoms with Crippen molar-refractivity contribution in [3.05, 3.63) is 17.8 Å². The van der Waals surface area contributed by atoms with Crippen molar-refractivity contribution in [2.24, 2.45) is 5.73 Å². The first-order valence-corrected chi connectivity index (χ1v) is 5.47. The van der Waals surface area contributed by atoms with Crippen molar-refractivity contribution in [1.82, 2.24) is 10.3 Å². The van der Waals surface area contributed by atoms with Crippen LogP contribution in [-0.2, 0) is 0 Å². The number of hydrogen-bond acceptors (Lipinski definition) is 5. The topological polar surface area (TPSA) is 97.3 Å². The normalized spacial score (nSPS) is 10.2. The molecule has 1 rings (SSSR count). The van der Waals surface area contributed by atoms with Crippen molar-refractivity contribution in [3.63, 3.8) is 0 Å². The summed E-state index contributed by atoms with van der Waals surface area (Å²) in [4.78, 5) is 17.4. The molecule has 0 atom stereocenters. The van der Waals surface area contributed by atoms with Gasteiger partial charge in [0.25, 0.3) is 5.91 Å². The highest BCUT2D eigenvalue weighted by Crippen LogP contribution is 2.18. The molecule has 5 N–H and O–H groups in total. The Morgan fingerprint density at radius 1 is 1.59 bits per heavy atom. The second-order valence-corrected chi connectivity index (χ2v) is 3.88. The van der Waals surface area contributed by atoms with Crippen LogP contribution in [0, 0.1) is 0 Å². The fourth-order valence-corrected chi connectivity index (χ4v) is 1.56. The Morgan fingerprint density at radius 3 is 2.88 bits per heavy atom. The van der Waals surface area contributed by atoms with Gasteiger partial charge in [-0.15, -0.1) is 0 Å². The molecule has 0 saturated carbocycles. The Kier molecular flexibility index (Phi) is 4.71. The molecule has 0 fully saturated rings. The summed E-state index contributed by atoms with van der Waals surface area (Å²) in [6.45, 7) is 1.70. The summed E-state index contributed by atoms with van der Waals surface area (Å²) in [6.07, 6.45) is 2.48. The molecule has 0 unspecified atom stereocenters. The Balaban J connectivity index is 2.84. The van der Waals surface area contributed by atoms with E-state index in [-0.39, 0.29) is 0 Å². The molecule has 0 saturated heterocycles. The zero-order valence-electron chi connectivity index (χ0n) is 10.2. The molecule has 0 aliphatic carbocycles. The maximum atomic E-state index is 11.3. The van der Waals surface area contributed by atoms with Crippen molar-refractivity contribution in [2.45, 2.75) is 6.42 Å². The second-order valence-electron chi connectivity index (χ2n) is 3.88. The summed E-state index contributed by atoms with van der Waals surface area (Å²) in [5.74, 6) is 0.0584. The summed E-state index contributed by atoms with van der Waals surface area (Å²) in [5.41, 5.74) is 11.7. The lowest BCUT2D eigenvalue weighted by molar-refractivity contribution is 0.100. The van der Waals surface area contributed by atoms with Gasteiger partial charge in [-0.05, 0) is 26.1 Å². The summed E-state index contributed by atoms with van der Waals surface area (Å²) in [7, 11) is 3.77. The summed E-state index contributed by atoms with van der Waals surface area (Å²) in [5, 5.41) is 3.06. The van der Waals surface area contributed by atoms with Crippen molar-refractivity contribution in [3.8, 4) is 0 Å². The molecular formula is C11H19N5O. The first kappa shape index (κ1) is 13.2. The van der Waals surface area contributed by atoms with Gasteiger partial charge in [0.2, 0.25) is 0 Å². The van der Waals surface area contributed by atoms with Gasteiger partial charge in [-0.25, -0.2) is 4.98 Å². The molecule has 1 amide bonds. The quantitative estimate of drug-likeness (QED) is 0.596. The van der Waals surface area contributed by atoms with Crippen LogP contribution in [0.2, 0.25) is 0 Å². The second kappa shape index (κ2) is 6.05. The molecule has 17 heavy (non-hydrogen) atoms. The largest absolute Gasteiger partial charge is 0.397 e. The van der Waals surface area contributed by atoms with Gasteiger partial charge in [0, 0.05) is 13.6 Å². The highest BCUT2D eigenvalue weighted by molar-refractivity contribution is 5.98. The number of nitrogens with zero attached hydrogens (tertiary/aromatic N) is 2. The highest BCUT2D eigenvalue weighted by Gasteiger charge is 2.13. The lowest BCUT2D eigenvalue weighted by Gasteiger charge is -2.20. The number of aromatic nitrogens is 1. The molecule has 0 bridgehead atoms. The third kappa shape index (κ3) is 3.60. The van der Waals surface area contributed by atoms with Gasteiger partial charge in [-0.1, -0.05) is 0 Å². The van der Waals surface area contributed by atoms with Crippen LogP contribution in [0.15, 0.2) is 12.3 Å². The fourth-order valence-electron chi connectivity index (χ4n) is 1.56. The fraction of sp³-hybridized carbons (Fsp3) is 0.455. The summed E-state index contributed by atoms with van der Waals surface area (Å²) in [6, 6.07) is 1.55. The number of pyridine rings is 1. The minimum absolute atomic E-state index is 0.358. The number of nitrogens with two attached hydrogens (primary N) is 2. The minimum Gasteiger partial charge on any atom is -0.397 e. The first-order valence-electron chi connectivity index (χ1n) is 5.47. The maximum absolute atomic E-state index is 11.3. The van der Waals surface area contributed by atoms with Gasteiger partial charge in [0.1, 0.15) is 5.82 Å². The molecule has 0 aliphatic rings. The molecule has 1 aromatic rings. The minimum atomic E-state index is -0.514. The molecular weight excluding hydrogens is 218 g/mol. The van der Waals surface area contributed by atoms with Crippen LogP contribution in [0.5, 0.6) is 0 Å². The SMILES string of the molecule is CNCCCN(C)c1ncc(N)cc1C(N)=O. The number of carbonyl (C=O) groups is 1. The van der Waals surface area contributed by atoms with Crippen molar-refractivity contribution >= 4 is 17.4 Å². The van der Waals surface area contributed by atoms with Crippen LogP contribution in [0.1, 0.15) is 16.8 Å². The molecule has 1 heterocycles. The summed E-state index contributed by atoms with van der Waals surface area (Å²) >= 11 is 0. The Morgan fingerprint density at radius 2 is 2.29 bits per heavy atom. The highest BCUT2D eigenvalue weighted by atomic mass is 16.1. The van der Waals surface area contributed by atoms with Gasteiger partial charge < -0.3 is 21.7 Å². The smallest absolute Gasteiger partial charge is 0.252 e. The monoisotopic (exact) mass is 237 g/mol. The number of rotatable bonds is 6. The van der Waals surface area contributed by atoms with E-state index in [9.17, 15) is 4.79 Å². The van der Waals surface area contributed by atoms with Crippen molar-refractivity contribution in [2.75, 3.05) is 37.8 Å². The molecule has 6 heteroatoms. The van der Waals surface area contributed by atoms with E-state index >= 15 is 0 Å². The first-order chi connectivity index (χ1) is 8.06. The molecule has 1 aromatic heterocycles. The predicted molar refractivity (Wildman–Crippen MR) is 69.0 cm³/mol. The third-order valence-electron chi connectivity index (χ3n) is 2.44. The van der Waals surface area contributed by atoms with Gasteiger partial charge >= 0.3 is 0 Å². The van der Waals surface area contributed by atoms with Crippen LogP contribution in [0.3, 0.4) is 0 Å². The van der Waals surface area contributed by atoms with E-state index in [2.05, 4.69) is 10.3 Å². The molecule has 0 aromatic carbocycles. The van der Waals surface area contributed by atoms with Crippen LogP contribution in [-0.4, -0.2) is 38.1 Å². The molecule has 6 nitrogen and oxygen atoms in total. The van der Waals surface area contributed by atoms with E-state index < -0.39 is 5.91 Å². The predicted octanol–water partition coefficient (Wildman–Crippen LogP) is -0.192. The van der Waals surface area contributed by atoms with Gasteiger partial charge in [0.15, 0.2) is 0 Å². The number of primary amides is 1.